The minimum atomic E-state index is -1.43. The zero-order valence-electron chi connectivity index (χ0n) is 7.96. The molecule has 76 valence electrons. The number of likely N-dealkylation sites (tertiary alicyclic amines) is 1. The van der Waals surface area contributed by atoms with E-state index >= 15 is 0 Å². The van der Waals surface area contributed by atoms with Gasteiger partial charge < -0.3 is 14.4 Å². The third-order valence-corrected chi connectivity index (χ3v) is 2.53. The molecule has 0 aromatic carbocycles. The number of nitrogens with zero attached hydrogens (tertiary/aromatic N) is 1. The van der Waals surface area contributed by atoms with Crippen molar-refractivity contribution in [1.29, 1.82) is 0 Å². The predicted octanol–water partition coefficient (Wildman–Crippen LogP) is 0.983. The summed E-state index contributed by atoms with van der Waals surface area (Å²) in [5.41, 5.74) is 0. The number of alkyl halides is 1. The SMILES string of the molecule is COC1(F)CCN(CCC=O)CC1. The standard InChI is InChI=1S/C9H16FNO2/c1-13-9(10)3-6-11(7-4-9)5-2-8-12/h8H,2-7H2,1H3. The lowest BCUT2D eigenvalue weighted by molar-refractivity contribution is -0.153. The fourth-order valence-electron chi connectivity index (χ4n) is 1.55. The summed E-state index contributed by atoms with van der Waals surface area (Å²) in [6.07, 6.45) is 2.24. The van der Waals surface area contributed by atoms with E-state index in [2.05, 4.69) is 4.90 Å². The maximum absolute atomic E-state index is 13.5. The van der Waals surface area contributed by atoms with Gasteiger partial charge in [0.05, 0.1) is 0 Å². The van der Waals surface area contributed by atoms with E-state index in [0.29, 0.717) is 32.4 Å². The van der Waals surface area contributed by atoms with Crippen LogP contribution in [0.3, 0.4) is 0 Å². The Balaban J connectivity index is 2.26. The summed E-state index contributed by atoms with van der Waals surface area (Å²) in [6, 6.07) is 0. The van der Waals surface area contributed by atoms with Crippen LogP contribution in [0.15, 0.2) is 0 Å². The van der Waals surface area contributed by atoms with Crippen LogP contribution in [0.1, 0.15) is 19.3 Å². The second-order valence-electron chi connectivity index (χ2n) is 3.38. The summed E-state index contributed by atoms with van der Waals surface area (Å²) < 4.78 is 18.2. The molecule has 1 heterocycles. The zero-order valence-corrected chi connectivity index (χ0v) is 7.96. The number of carbonyl (C=O) groups is 1. The van der Waals surface area contributed by atoms with E-state index in [1.807, 2.05) is 0 Å². The van der Waals surface area contributed by atoms with E-state index in [0.717, 1.165) is 12.8 Å². The number of hydrogen-bond donors (Lipinski definition) is 0. The molecule has 1 saturated heterocycles. The van der Waals surface area contributed by atoms with Crippen molar-refractivity contribution in [3.63, 3.8) is 0 Å². The Hall–Kier alpha value is -0.480. The second kappa shape index (κ2) is 4.67. The number of methoxy groups -OCH3 is 1. The van der Waals surface area contributed by atoms with Crippen molar-refractivity contribution in [3.05, 3.63) is 0 Å². The Bertz CT molecular complexity index is 167. The highest BCUT2D eigenvalue weighted by Gasteiger charge is 2.33. The topological polar surface area (TPSA) is 29.5 Å². The molecule has 1 fully saturated rings. The van der Waals surface area contributed by atoms with Crippen LogP contribution in [0.5, 0.6) is 0 Å². The Kier molecular flexibility index (Phi) is 3.81. The molecule has 0 N–H and O–H groups in total. The fourth-order valence-corrected chi connectivity index (χ4v) is 1.55. The van der Waals surface area contributed by atoms with Crippen LogP contribution < -0.4 is 0 Å². The van der Waals surface area contributed by atoms with Gasteiger partial charge in [-0.25, -0.2) is 4.39 Å². The van der Waals surface area contributed by atoms with Gasteiger partial charge in [0, 0.05) is 46.0 Å². The maximum atomic E-state index is 13.5. The number of halogens is 1. The summed E-state index contributed by atoms with van der Waals surface area (Å²) >= 11 is 0. The molecule has 0 spiro atoms. The molecule has 13 heavy (non-hydrogen) atoms. The van der Waals surface area contributed by atoms with Gasteiger partial charge in [-0.1, -0.05) is 0 Å². The summed E-state index contributed by atoms with van der Waals surface area (Å²) in [6.45, 7) is 2.10. The summed E-state index contributed by atoms with van der Waals surface area (Å²) in [5.74, 6) is -1.43. The maximum Gasteiger partial charge on any atom is 0.211 e. The van der Waals surface area contributed by atoms with Crippen LogP contribution in [0.25, 0.3) is 0 Å². The molecule has 4 heteroatoms. The van der Waals surface area contributed by atoms with E-state index < -0.39 is 5.85 Å². The van der Waals surface area contributed by atoms with E-state index in [-0.39, 0.29) is 0 Å². The quantitative estimate of drug-likeness (QED) is 0.617. The molecule has 0 aromatic heterocycles. The van der Waals surface area contributed by atoms with Crippen molar-refractivity contribution in [3.8, 4) is 0 Å². The lowest BCUT2D eigenvalue weighted by atomic mass is 10.1. The molecule has 0 radical (unpaired) electrons. The number of carbonyl (C=O) groups excluding carboxylic acids is 1. The first-order chi connectivity index (χ1) is 6.20. The average molecular weight is 189 g/mol. The summed E-state index contributed by atoms with van der Waals surface area (Å²) in [4.78, 5) is 12.2. The Morgan fingerprint density at radius 2 is 2.15 bits per heavy atom. The largest absolute Gasteiger partial charge is 0.349 e. The molecule has 1 aliphatic heterocycles. The van der Waals surface area contributed by atoms with Crippen LogP contribution in [-0.4, -0.2) is 43.8 Å². The van der Waals surface area contributed by atoms with E-state index in [1.54, 1.807) is 0 Å². The highest BCUT2D eigenvalue weighted by atomic mass is 19.2. The van der Waals surface area contributed by atoms with Gasteiger partial charge in [-0.3, -0.25) is 0 Å². The minimum absolute atomic E-state index is 0.405. The van der Waals surface area contributed by atoms with E-state index in [1.165, 1.54) is 7.11 Å². The molecule has 0 saturated carbocycles. The normalized spacial score (nSPS) is 22.9. The van der Waals surface area contributed by atoms with E-state index in [9.17, 15) is 9.18 Å². The van der Waals surface area contributed by atoms with Gasteiger partial charge >= 0.3 is 0 Å². The van der Waals surface area contributed by atoms with Crippen LogP contribution >= 0.6 is 0 Å². The molecule has 0 aromatic rings. The molecule has 0 atom stereocenters. The smallest absolute Gasteiger partial charge is 0.211 e. The first-order valence-corrected chi connectivity index (χ1v) is 4.60. The van der Waals surface area contributed by atoms with Crippen molar-refractivity contribution in [2.75, 3.05) is 26.7 Å². The summed E-state index contributed by atoms with van der Waals surface area (Å²) in [7, 11) is 1.40. The van der Waals surface area contributed by atoms with Crippen LogP contribution in [0.2, 0.25) is 0 Å². The number of hydrogen-bond acceptors (Lipinski definition) is 3. The molecule has 1 rings (SSSR count). The van der Waals surface area contributed by atoms with Crippen molar-refractivity contribution >= 4 is 6.29 Å². The van der Waals surface area contributed by atoms with Gasteiger partial charge in [0.2, 0.25) is 5.85 Å². The van der Waals surface area contributed by atoms with Crippen molar-refractivity contribution in [1.82, 2.24) is 4.90 Å². The molecule has 0 amide bonds. The lowest BCUT2D eigenvalue weighted by Gasteiger charge is -2.34. The zero-order chi connectivity index (χ0) is 9.73. The van der Waals surface area contributed by atoms with Crippen LogP contribution in [0.4, 0.5) is 4.39 Å². The number of rotatable bonds is 4. The highest BCUT2D eigenvalue weighted by molar-refractivity contribution is 5.49. The van der Waals surface area contributed by atoms with Crippen molar-refractivity contribution < 1.29 is 13.9 Å². The molecule has 0 bridgehead atoms. The van der Waals surface area contributed by atoms with Gasteiger partial charge in [0.25, 0.3) is 0 Å². The van der Waals surface area contributed by atoms with Gasteiger partial charge in [-0.05, 0) is 0 Å². The summed E-state index contributed by atoms with van der Waals surface area (Å²) in [5, 5.41) is 0. The predicted molar refractivity (Wildman–Crippen MR) is 47.2 cm³/mol. The first kappa shape index (κ1) is 10.6. The van der Waals surface area contributed by atoms with E-state index in [4.69, 9.17) is 4.74 Å². The minimum Gasteiger partial charge on any atom is -0.349 e. The third kappa shape index (κ3) is 3.04. The van der Waals surface area contributed by atoms with Gasteiger partial charge in [-0.2, -0.15) is 0 Å². The molecule has 0 aliphatic carbocycles. The van der Waals surface area contributed by atoms with Gasteiger partial charge in [0.1, 0.15) is 6.29 Å². The van der Waals surface area contributed by atoms with Crippen molar-refractivity contribution in [2.45, 2.75) is 25.1 Å². The number of piperidine rings is 1. The van der Waals surface area contributed by atoms with Crippen LogP contribution in [0, 0.1) is 0 Å². The first-order valence-electron chi connectivity index (χ1n) is 4.60. The Morgan fingerprint density at radius 1 is 1.54 bits per heavy atom. The van der Waals surface area contributed by atoms with Gasteiger partial charge in [0.15, 0.2) is 0 Å². The highest BCUT2D eigenvalue weighted by Crippen LogP contribution is 2.26. The lowest BCUT2D eigenvalue weighted by Crippen LogP contribution is -2.43. The fraction of sp³-hybridized carbons (Fsp3) is 0.889. The average Bonchev–Trinajstić information content (AvgIpc) is 2.17. The Morgan fingerprint density at radius 3 is 2.62 bits per heavy atom. The van der Waals surface area contributed by atoms with Crippen LogP contribution in [-0.2, 0) is 9.53 Å². The number of ether oxygens (including phenoxy) is 1. The van der Waals surface area contributed by atoms with Gasteiger partial charge in [-0.15, -0.1) is 0 Å². The molecule has 3 nitrogen and oxygen atoms in total. The number of aldehydes is 1. The molecular formula is C9H16FNO2. The monoisotopic (exact) mass is 189 g/mol. The Labute approximate surface area is 77.9 Å². The second-order valence-corrected chi connectivity index (χ2v) is 3.38. The molecular weight excluding hydrogens is 173 g/mol. The van der Waals surface area contributed by atoms with Crippen molar-refractivity contribution in [2.24, 2.45) is 0 Å². The third-order valence-electron chi connectivity index (χ3n) is 2.53. The molecule has 1 aliphatic rings. The molecule has 0 unspecified atom stereocenters.